The molecule has 0 radical (unpaired) electrons. The van der Waals surface area contributed by atoms with E-state index in [0.717, 1.165) is 16.6 Å². The molecule has 0 saturated heterocycles. The van der Waals surface area contributed by atoms with Crippen LogP contribution in [-0.2, 0) is 9.53 Å². The summed E-state index contributed by atoms with van der Waals surface area (Å²) >= 11 is 3.32. The number of aliphatic carboxylic acids is 1. The molecule has 1 atom stereocenters. The summed E-state index contributed by atoms with van der Waals surface area (Å²) in [7, 11) is 0. The number of halogens is 2. The fourth-order valence-corrected chi connectivity index (χ4v) is 3.19. The third-order valence-corrected chi connectivity index (χ3v) is 5.04. The van der Waals surface area contributed by atoms with Crippen LogP contribution in [0.15, 0.2) is 59.1 Å². The van der Waals surface area contributed by atoms with E-state index in [1.54, 1.807) is 24.3 Å². The SMILES string of the molecule is CC(C)(CC/C=C/C(=O)O)[C@H](OC(=O)Nc1ccc(Br)cc1)c1ccc(O)c(F)c1. The van der Waals surface area contributed by atoms with Crippen molar-refractivity contribution in [2.45, 2.75) is 32.8 Å². The molecule has 3 N–H and O–H groups in total. The van der Waals surface area contributed by atoms with Gasteiger partial charge in [0.25, 0.3) is 0 Å². The maximum Gasteiger partial charge on any atom is 0.412 e. The molecule has 0 aromatic heterocycles. The molecule has 0 aliphatic heterocycles. The molecule has 8 heteroatoms. The van der Waals surface area contributed by atoms with Crippen molar-refractivity contribution in [1.82, 2.24) is 0 Å². The molecule has 1 amide bonds. The summed E-state index contributed by atoms with van der Waals surface area (Å²) in [6.45, 7) is 3.67. The van der Waals surface area contributed by atoms with E-state index in [0.29, 0.717) is 24.1 Å². The number of rotatable bonds is 8. The lowest BCUT2D eigenvalue weighted by Crippen LogP contribution is -2.29. The Morgan fingerprint density at radius 3 is 2.50 bits per heavy atom. The van der Waals surface area contributed by atoms with Crippen LogP contribution in [0.1, 0.15) is 38.4 Å². The van der Waals surface area contributed by atoms with Crippen molar-refractivity contribution in [3.8, 4) is 5.75 Å². The third kappa shape index (κ3) is 6.88. The maximum atomic E-state index is 14.0. The molecule has 0 bridgehead atoms. The van der Waals surface area contributed by atoms with E-state index in [1.165, 1.54) is 18.2 Å². The Balaban J connectivity index is 2.23. The van der Waals surface area contributed by atoms with Gasteiger partial charge >= 0.3 is 12.1 Å². The highest BCUT2D eigenvalue weighted by Crippen LogP contribution is 2.41. The summed E-state index contributed by atoms with van der Waals surface area (Å²) in [6.07, 6.45) is 1.89. The minimum Gasteiger partial charge on any atom is -0.505 e. The van der Waals surface area contributed by atoms with Crippen LogP contribution in [0.5, 0.6) is 5.75 Å². The first-order valence-corrected chi connectivity index (χ1v) is 9.99. The first-order chi connectivity index (χ1) is 14.1. The summed E-state index contributed by atoms with van der Waals surface area (Å²) in [5.41, 5.74) is 0.244. The van der Waals surface area contributed by atoms with Crippen molar-refractivity contribution in [1.29, 1.82) is 0 Å². The monoisotopic (exact) mass is 479 g/mol. The topological polar surface area (TPSA) is 95.9 Å². The zero-order valence-corrected chi connectivity index (χ0v) is 18.1. The lowest BCUT2D eigenvalue weighted by atomic mass is 9.78. The van der Waals surface area contributed by atoms with E-state index in [4.69, 9.17) is 9.84 Å². The Morgan fingerprint density at radius 1 is 1.23 bits per heavy atom. The molecule has 2 aromatic carbocycles. The second-order valence-electron chi connectivity index (χ2n) is 7.40. The number of phenols is 1. The van der Waals surface area contributed by atoms with Crippen molar-refractivity contribution < 1.29 is 28.9 Å². The van der Waals surface area contributed by atoms with E-state index in [2.05, 4.69) is 21.2 Å². The van der Waals surface area contributed by atoms with Crippen molar-refractivity contribution in [3.63, 3.8) is 0 Å². The highest BCUT2D eigenvalue weighted by atomic mass is 79.9. The molecule has 160 valence electrons. The van der Waals surface area contributed by atoms with Gasteiger partial charge in [-0.1, -0.05) is 41.9 Å². The predicted molar refractivity (Wildman–Crippen MR) is 115 cm³/mol. The number of hydrogen-bond acceptors (Lipinski definition) is 4. The number of aromatic hydroxyl groups is 1. The number of nitrogens with one attached hydrogen (secondary N) is 1. The lowest BCUT2D eigenvalue weighted by molar-refractivity contribution is -0.131. The summed E-state index contributed by atoms with van der Waals surface area (Å²) in [6, 6.07) is 10.7. The van der Waals surface area contributed by atoms with Gasteiger partial charge in [0.2, 0.25) is 0 Å². The number of phenolic OH excluding ortho intramolecular Hbond substituents is 1. The van der Waals surface area contributed by atoms with Crippen LogP contribution < -0.4 is 5.32 Å². The van der Waals surface area contributed by atoms with E-state index in [9.17, 15) is 19.1 Å². The van der Waals surface area contributed by atoms with Crippen molar-refractivity contribution in [2.75, 3.05) is 5.32 Å². The van der Waals surface area contributed by atoms with E-state index in [1.807, 2.05) is 13.8 Å². The molecular formula is C22H23BrFNO5. The summed E-state index contributed by atoms with van der Waals surface area (Å²) in [5.74, 6) is -2.37. The maximum absolute atomic E-state index is 14.0. The molecule has 0 fully saturated rings. The number of carbonyl (C=O) groups excluding carboxylic acids is 1. The average molecular weight is 480 g/mol. The van der Waals surface area contributed by atoms with Gasteiger partial charge < -0.3 is 14.9 Å². The quantitative estimate of drug-likeness (QED) is 0.401. The average Bonchev–Trinajstić information content (AvgIpc) is 2.67. The molecule has 0 aliphatic carbocycles. The molecule has 0 spiro atoms. The minimum atomic E-state index is -1.05. The number of ether oxygens (including phenoxy) is 1. The number of allylic oxidation sites excluding steroid dienone is 1. The number of benzene rings is 2. The fraction of sp³-hybridized carbons (Fsp3) is 0.273. The normalized spacial score (nSPS) is 12.5. The number of carboxylic acid groups (broad SMARTS) is 1. The molecular weight excluding hydrogens is 457 g/mol. The van der Waals surface area contributed by atoms with Gasteiger partial charge in [-0.05, 0) is 54.8 Å². The number of anilines is 1. The molecule has 2 aromatic rings. The number of amides is 1. The van der Waals surface area contributed by atoms with Crippen molar-refractivity contribution >= 4 is 33.7 Å². The molecule has 0 saturated carbocycles. The van der Waals surface area contributed by atoms with Gasteiger partial charge in [0.05, 0.1) is 0 Å². The Bertz CT molecular complexity index is 928. The number of carbonyl (C=O) groups is 2. The van der Waals surface area contributed by atoms with Gasteiger partial charge in [0.15, 0.2) is 11.6 Å². The van der Waals surface area contributed by atoms with Gasteiger partial charge in [-0.3, -0.25) is 5.32 Å². The van der Waals surface area contributed by atoms with Gasteiger partial charge in [-0.15, -0.1) is 0 Å². The Hall–Kier alpha value is -2.87. The van der Waals surface area contributed by atoms with Gasteiger partial charge in [-0.2, -0.15) is 0 Å². The molecule has 0 aliphatic rings. The highest BCUT2D eigenvalue weighted by molar-refractivity contribution is 9.10. The van der Waals surface area contributed by atoms with Crippen LogP contribution >= 0.6 is 15.9 Å². The first-order valence-electron chi connectivity index (χ1n) is 9.19. The predicted octanol–water partition coefficient (Wildman–Crippen LogP) is 6.03. The van der Waals surface area contributed by atoms with E-state index in [-0.39, 0.29) is 0 Å². The van der Waals surface area contributed by atoms with Crippen LogP contribution in [0.3, 0.4) is 0 Å². The zero-order chi connectivity index (χ0) is 22.3. The van der Waals surface area contributed by atoms with Crippen LogP contribution in [0.2, 0.25) is 0 Å². The molecule has 0 heterocycles. The van der Waals surface area contributed by atoms with Gasteiger partial charge in [0, 0.05) is 21.7 Å². The van der Waals surface area contributed by atoms with Crippen molar-refractivity contribution in [2.24, 2.45) is 5.41 Å². The largest absolute Gasteiger partial charge is 0.505 e. The third-order valence-electron chi connectivity index (χ3n) is 4.52. The Morgan fingerprint density at radius 2 is 1.90 bits per heavy atom. The number of carboxylic acids is 1. The second-order valence-corrected chi connectivity index (χ2v) is 8.31. The standard InChI is InChI=1S/C22H23BrFNO5/c1-22(2,12-4-3-5-19(27)28)20(14-6-11-18(26)17(24)13-14)30-21(29)25-16-9-7-15(23)8-10-16/h3,5-11,13,20,26H,4,12H2,1-2H3,(H,25,29)(H,27,28)/b5-3+/t20-/m1/s1. The fourth-order valence-electron chi connectivity index (χ4n) is 2.92. The van der Waals surface area contributed by atoms with Gasteiger partial charge in [0.1, 0.15) is 6.10 Å². The van der Waals surface area contributed by atoms with E-state index < -0.39 is 35.1 Å². The van der Waals surface area contributed by atoms with Crippen LogP contribution in [0, 0.1) is 11.2 Å². The minimum absolute atomic E-state index is 0.378. The molecule has 6 nitrogen and oxygen atoms in total. The molecule has 0 unspecified atom stereocenters. The van der Waals surface area contributed by atoms with Crippen molar-refractivity contribution in [3.05, 3.63) is 70.5 Å². The van der Waals surface area contributed by atoms with Crippen LogP contribution in [-0.4, -0.2) is 22.3 Å². The molecule has 30 heavy (non-hydrogen) atoms. The van der Waals surface area contributed by atoms with Crippen LogP contribution in [0.25, 0.3) is 0 Å². The van der Waals surface area contributed by atoms with E-state index >= 15 is 0 Å². The van der Waals surface area contributed by atoms with Gasteiger partial charge in [-0.25, -0.2) is 14.0 Å². The van der Waals surface area contributed by atoms with Crippen LogP contribution in [0.4, 0.5) is 14.9 Å². The molecule has 2 rings (SSSR count). The Labute approximate surface area is 182 Å². The summed E-state index contributed by atoms with van der Waals surface area (Å²) in [4.78, 5) is 23.2. The zero-order valence-electron chi connectivity index (χ0n) is 16.6. The second kappa shape index (κ2) is 10.2. The summed E-state index contributed by atoms with van der Waals surface area (Å²) in [5, 5.41) is 20.9. The highest BCUT2D eigenvalue weighted by Gasteiger charge is 2.34. The lowest BCUT2D eigenvalue weighted by Gasteiger charge is -2.34. The first kappa shape index (κ1) is 23.4. The summed E-state index contributed by atoms with van der Waals surface area (Å²) < 4.78 is 20.5. The Kier molecular flexibility index (Phi) is 8.00. The smallest absolute Gasteiger partial charge is 0.412 e. The number of hydrogen-bond donors (Lipinski definition) is 3.